The van der Waals surface area contributed by atoms with Gasteiger partial charge in [-0.1, -0.05) is 35.9 Å². The van der Waals surface area contributed by atoms with Crippen molar-refractivity contribution in [3.63, 3.8) is 0 Å². The molecule has 2 rings (SSSR count). The molecule has 1 unspecified atom stereocenters. The van der Waals surface area contributed by atoms with Gasteiger partial charge in [-0.2, -0.15) is 0 Å². The summed E-state index contributed by atoms with van der Waals surface area (Å²) in [5.74, 6) is 0.126. The fraction of sp³-hybridized carbons (Fsp3) is 0.143. The van der Waals surface area contributed by atoms with Gasteiger partial charge in [0, 0.05) is 11.1 Å². The van der Waals surface area contributed by atoms with Crippen LogP contribution in [0, 0.1) is 5.82 Å². The molecule has 0 spiro atoms. The first-order valence-electron chi connectivity index (χ1n) is 5.39. The molecule has 4 heteroatoms. The molecule has 2 aromatic rings. The van der Waals surface area contributed by atoms with Crippen LogP contribution in [-0.4, -0.2) is 12.2 Å². The molecule has 1 N–H and O–H groups in total. The number of hydrogen-bond donors (Lipinski definition) is 1. The summed E-state index contributed by atoms with van der Waals surface area (Å²) in [5, 5.41) is 10.5. The molecular formula is C14H12ClFO2. The van der Waals surface area contributed by atoms with E-state index in [1.807, 2.05) is 0 Å². The molecule has 0 saturated carbocycles. The predicted octanol–water partition coefficient (Wildman–Crippen LogP) is 3.57. The van der Waals surface area contributed by atoms with Crippen molar-refractivity contribution in [2.45, 2.75) is 6.10 Å². The van der Waals surface area contributed by atoms with E-state index >= 15 is 0 Å². The van der Waals surface area contributed by atoms with E-state index in [9.17, 15) is 9.50 Å². The second kappa shape index (κ2) is 5.38. The van der Waals surface area contributed by atoms with Gasteiger partial charge in [-0.15, -0.1) is 0 Å². The second-order valence-corrected chi connectivity index (χ2v) is 4.22. The summed E-state index contributed by atoms with van der Waals surface area (Å²) in [6, 6.07) is 10.9. The van der Waals surface area contributed by atoms with Gasteiger partial charge in [-0.25, -0.2) is 4.39 Å². The summed E-state index contributed by atoms with van der Waals surface area (Å²) < 4.78 is 18.6. The normalized spacial score (nSPS) is 12.2. The molecule has 0 amide bonds. The minimum Gasteiger partial charge on any atom is -0.497 e. The van der Waals surface area contributed by atoms with Crippen molar-refractivity contribution in [2.24, 2.45) is 0 Å². The van der Waals surface area contributed by atoms with Gasteiger partial charge in [-0.3, -0.25) is 0 Å². The van der Waals surface area contributed by atoms with Crippen LogP contribution in [0.5, 0.6) is 5.75 Å². The molecule has 0 heterocycles. The van der Waals surface area contributed by atoms with Crippen LogP contribution in [-0.2, 0) is 0 Å². The third-order valence-corrected chi connectivity index (χ3v) is 3.03. The van der Waals surface area contributed by atoms with Crippen LogP contribution in [0.2, 0.25) is 5.02 Å². The van der Waals surface area contributed by atoms with E-state index in [1.165, 1.54) is 19.2 Å². The van der Waals surface area contributed by atoms with Crippen LogP contribution in [0.25, 0.3) is 0 Å². The largest absolute Gasteiger partial charge is 0.497 e. The zero-order valence-electron chi connectivity index (χ0n) is 9.73. The van der Waals surface area contributed by atoms with Crippen molar-refractivity contribution in [3.05, 3.63) is 64.4 Å². The Hall–Kier alpha value is -1.58. The maximum Gasteiger partial charge on any atom is 0.129 e. The molecule has 0 fully saturated rings. The Labute approximate surface area is 110 Å². The van der Waals surface area contributed by atoms with Crippen LogP contribution >= 0.6 is 11.6 Å². The van der Waals surface area contributed by atoms with Gasteiger partial charge in [-0.05, 0) is 18.2 Å². The predicted molar refractivity (Wildman–Crippen MR) is 68.5 cm³/mol. The Morgan fingerprint density at radius 3 is 2.50 bits per heavy atom. The maximum atomic E-state index is 13.6. The van der Waals surface area contributed by atoms with E-state index in [4.69, 9.17) is 16.3 Å². The number of rotatable bonds is 3. The van der Waals surface area contributed by atoms with Crippen molar-refractivity contribution in [1.29, 1.82) is 0 Å². The van der Waals surface area contributed by atoms with Crippen LogP contribution in [0.15, 0.2) is 42.5 Å². The Bertz CT molecular complexity index is 557. The molecule has 18 heavy (non-hydrogen) atoms. The zero-order chi connectivity index (χ0) is 13.1. The monoisotopic (exact) mass is 266 g/mol. The lowest BCUT2D eigenvalue weighted by Crippen LogP contribution is -2.03. The molecule has 0 aliphatic carbocycles. The quantitative estimate of drug-likeness (QED) is 0.920. The highest BCUT2D eigenvalue weighted by Crippen LogP contribution is 2.31. The lowest BCUT2D eigenvalue weighted by Gasteiger charge is -2.14. The summed E-state index contributed by atoms with van der Waals surface area (Å²) in [4.78, 5) is 0. The fourth-order valence-corrected chi connectivity index (χ4v) is 1.99. The van der Waals surface area contributed by atoms with E-state index in [1.54, 1.807) is 30.3 Å². The van der Waals surface area contributed by atoms with Crippen LogP contribution in [0.3, 0.4) is 0 Å². The maximum absolute atomic E-state index is 13.6. The van der Waals surface area contributed by atoms with Gasteiger partial charge in [0.25, 0.3) is 0 Å². The molecule has 0 bridgehead atoms. The highest BCUT2D eigenvalue weighted by Gasteiger charge is 2.17. The van der Waals surface area contributed by atoms with Crippen molar-refractivity contribution in [3.8, 4) is 5.75 Å². The Morgan fingerprint density at radius 1 is 1.17 bits per heavy atom. The number of hydrogen-bond acceptors (Lipinski definition) is 2. The third kappa shape index (κ3) is 2.47. The van der Waals surface area contributed by atoms with Gasteiger partial charge in [0.2, 0.25) is 0 Å². The molecule has 0 radical (unpaired) electrons. The van der Waals surface area contributed by atoms with E-state index in [0.29, 0.717) is 16.3 Å². The van der Waals surface area contributed by atoms with E-state index < -0.39 is 11.9 Å². The van der Waals surface area contributed by atoms with E-state index in [0.717, 1.165) is 0 Å². The summed E-state index contributed by atoms with van der Waals surface area (Å²) >= 11 is 6.04. The summed E-state index contributed by atoms with van der Waals surface area (Å²) in [6.45, 7) is 0. The average molecular weight is 267 g/mol. The molecule has 0 aliphatic heterocycles. The zero-order valence-corrected chi connectivity index (χ0v) is 10.5. The fourth-order valence-electron chi connectivity index (χ4n) is 1.72. The van der Waals surface area contributed by atoms with E-state index in [2.05, 4.69) is 0 Å². The smallest absolute Gasteiger partial charge is 0.129 e. The molecule has 0 aromatic heterocycles. The Morgan fingerprint density at radius 2 is 1.89 bits per heavy atom. The summed E-state index contributed by atoms with van der Waals surface area (Å²) in [7, 11) is 1.53. The molecule has 0 saturated heterocycles. The van der Waals surface area contributed by atoms with E-state index in [-0.39, 0.29) is 5.56 Å². The molecule has 1 atom stereocenters. The number of ether oxygens (including phenoxy) is 1. The average Bonchev–Trinajstić information content (AvgIpc) is 2.38. The minimum atomic E-state index is -1.09. The van der Waals surface area contributed by atoms with Gasteiger partial charge < -0.3 is 9.84 Å². The van der Waals surface area contributed by atoms with Crippen molar-refractivity contribution >= 4 is 11.6 Å². The highest BCUT2D eigenvalue weighted by molar-refractivity contribution is 6.31. The standard InChI is InChI=1S/C14H12ClFO2/c1-18-9-6-7-10(12(15)8-9)14(17)11-4-2-3-5-13(11)16/h2-8,14,17H,1H3. The van der Waals surface area contributed by atoms with Gasteiger partial charge in [0.15, 0.2) is 0 Å². The lowest BCUT2D eigenvalue weighted by molar-refractivity contribution is 0.215. The summed E-state index contributed by atoms with van der Waals surface area (Å²) in [6.07, 6.45) is -1.09. The first-order valence-corrected chi connectivity index (χ1v) is 5.77. The van der Waals surface area contributed by atoms with Gasteiger partial charge in [0.05, 0.1) is 12.1 Å². The van der Waals surface area contributed by atoms with Crippen molar-refractivity contribution in [2.75, 3.05) is 7.11 Å². The van der Waals surface area contributed by atoms with Crippen LogP contribution < -0.4 is 4.74 Å². The van der Waals surface area contributed by atoms with Crippen LogP contribution in [0.4, 0.5) is 4.39 Å². The molecular weight excluding hydrogens is 255 g/mol. The number of halogens is 2. The topological polar surface area (TPSA) is 29.5 Å². The SMILES string of the molecule is COc1ccc(C(O)c2ccccc2F)c(Cl)c1. The third-order valence-electron chi connectivity index (χ3n) is 2.70. The number of methoxy groups -OCH3 is 1. The summed E-state index contributed by atoms with van der Waals surface area (Å²) in [5.41, 5.74) is 0.645. The number of aliphatic hydroxyl groups is 1. The first-order chi connectivity index (χ1) is 8.63. The molecule has 2 nitrogen and oxygen atoms in total. The number of aliphatic hydroxyl groups excluding tert-OH is 1. The van der Waals surface area contributed by atoms with Crippen molar-refractivity contribution < 1.29 is 14.2 Å². The van der Waals surface area contributed by atoms with Crippen molar-refractivity contribution in [1.82, 2.24) is 0 Å². The molecule has 0 aliphatic rings. The van der Waals surface area contributed by atoms with Crippen LogP contribution in [0.1, 0.15) is 17.2 Å². The second-order valence-electron chi connectivity index (χ2n) is 3.81. The molecule has 94 valence electrons. The highest BCUT2D eigenvalue weighted by atomic mass is 35.5. The minimum absolute atomic E-state index is 0.199. The number of benzene rings is 2. The van der Waals surface area contributed by atoms with Gasteiger partial charge >= 0.3 is 0 Å². The van der Waals surface area contributed by atoms with Gasteiger partial charge in [0.1, 0.15) is 17.7 Å². The first kappa shape index (κ1) is 12.9. The Kier molecular flexibility index (Phi) is 3.84. The Balaban J connectivity index is 2.40. The molecule has 2 aromatic carbocycles. The lowest BCUT2D eigenvalue weighted by atomic mass is 10.0.